The van der Waals surface area contributed by atoms with Gasteiger partial charge in [-0.3, -0.25) is 4.79 Å². The zero-order valence-electron chi connectivity index (χ0n) is 13.2. The fraction of sp³-hybridized carbons (Fsp3) is 0.438. The summed E-state index contributed by atoms with van der Waals surface area (Å²) in [5.74, 6) is -0.201. The molecule has 136 valence electrons. The Balaban J connectivity index is 1.94. The first-order valence-electron chi connectivity index (χ1n) is 7.56. The van der Waals surface area contributed by atoms with Crippen LogP contribution in [0.1, 0.15) is 5.76 Å². The highest BCUT2D eigenvalue weighted by Crippen LogP contribution is 2.33. The van der Waals surface area contributed by atoms with Crippen LogP contribution in [0.5, 0.6) is 11.5 Å². The smallest absolute Gasteiger partial charge is 0.229 e. The van der Waals surface area contributed by atoms with Gasteiger partial charge in [0.1, 0.15) is 35.8 Å². The molecule has 1 aromatic carbocycles. The number of aliphatic hydroxyl groups excluding tert-OH is 4. The molecule has 5 N–H and O–H groups in total. The predicted molar refractivity (Wildman–Crippen MR) is 83.3 cm³/mol. The molecular formula is C16H18O9. The summed E-state index contributed by atoms with van der Waals surface area (Å²) >= 11 is 0. The Bertz CT molecular complexity index is 828. The van der Waals surface area contributed by atoms with Gasteiger partial charge in [-0.15, -0.1) is 0 Å². The monoisotopic (exact) mass is 354 g/mol. The van der Waals surface area contributed by atoms with Crippen LogP contribution < -0.4 is 10.2 Å². The van der Waals surface area contributed by atoms with Gasteiger partial charge < -0.3 is 39.4 Å². The van der Waals surface area contributed by atoms with Crippen LogP contribution in [0.25, 0.3) is 11.0 Å². The second-order valence-electron chi connectivity index (χ2n) is 5.85. The Morgan fingerprint density at radius 3 is 2.52 bits per heavy atom. The van der Waals surface area contributed by atoms with Crippen LogP contribution in [-0.4, -0.2) is 62.8 Å². The lowest BCUT2D eigenvalue weighted by atomic mass is 9.99. The fourth-order valence-electron chi connectivity index (χ4n) is 2.68. The second kappa shape index (κ2) is 6.62. The van der Waals surface area contributed by atoms with Gasteiger partial charge in [-0.25, -0.2) is 0 Å². The molecule has 0 amide bonds. The van der Waals surface area contributed by atoms with Gasteiger partial charge in [-0.2, -0.15) is 0 Å². The molecule has 9 nitrogen and oxygen atoms in total. The Hall–Kier alpha value is -2.17. The van der Waals surface area contributed by atoms with E-state index >= 15 is 0 Å². The van der Waals surface area contributed by atoms with Gasteiger partial charge in [-0.05, 0) is 13.0 Å². The third-order valence-electron chi connectivity index (χ3n) is 4.02. The molecule has 0 radical (unpaired) electrons. The molecule has 1 aromatic heterocycles. The summed E-state index contributed by atoms with van der Waals surface area (Å²) in [6, 6.07) is 3.68. The summed E-state index contributed by atoms with van der Waals surface area (Å²) in [6.45, 7) is 0.981. The van der Waals surface area contributed by atoms with E-state index in [1.807, 2.05) is 0 Å². The summed E-state index contributed by atoms with van der Waals surface area (Å²) in [4.78, 5) is 11.9. The van der Waals surface area contributed by atoms with E-state index in [0.717, 1.165) is 6.07 Å². The van der Waals surface area contributed by atoms with Crippen molar-refractivity contribution < 1.29 is 39.4 Å². The van der Waals surface area contributed by atoms with E-state index in [4.69, 9.17) is 13.9 Å². The molecule has 1 aliphatic rings. The van der Waals surface area contributed by atoms with Gasteiger partial charge in [0.25, 0.3) is 0 Å². The topological polar surface area (TPSA) is 150 Å². The van der Waals surface area contributed by atoms with E-state index in [2.05, 4.69) is 0 Å². The van der Waals surface area contributed by atoms with Crippen molar-refractivity contribution in [1.29, 1.82) is 0 Å². The maximum absolute atomic E-state index is 11.9. The number of fused-ring (bicyclic) bond motifs is 1. The molecule has 2 heterocycles. The van der Waals surface area contributed by atoms with Crippen LogP contribution in [0.2, 0.25) is 0 Å². The van der Waals surface area contributed by atoms with Crippen molar-refractivity contribution in [3.05, 3.63) is 34.2 Å². The van der Waals surface area contributed by atoms with Gasteiger partial charge in [0, 0.05) is 12.1 Å². The highest BCUT2D eigenvalue weighted by Gasteiger charge is 2.44. The lowest BCUT2D eigenvalue weighted by molar-refractivity contribution is -0.277. The number of aliphatic hydroxyl groups is 4. The fourth-order valence-corrected chi connectivity index (χ4v) is 2.68. The van der Waals surface area contributed by atoms with Crippen molar-refractivity contribution >= 4 is 11.0 Å². The molecule has 2 aromatic rings. The minimum Gasteiger partial charge on any atom is -0.504 e. The number of hydrogen-bond donors (Lipinski definition) is 5. The largest absolute Gasteiger partial charge is 0.504 e. The van der Waals surface area contributed by atoms with E-state index in [-0.39, 0.29) is 22.1 Å². The summed E-state index contributed by atoms with van der Waals surface area (Å²) in [7, 11) is 0. The van der Waals surface area contributed by atoms with Crippen molar-refractivity contribution in [2.45, 2.75) is 37.6 Å². The Morgan fingerprint density at radius 1 is 1.12 bits per heavy atom. The Morgan fingerprint density at radius 2 is 1.84 bits per heavy atom. The van der Waals surface area contributed by atoms with Crippen LogP contribution in [0.15, 0.2) is 27.4 Å². The molecule has 5 atom stereocenters. The minimum absolute atomic E-state index is 0.143. The van der Waals surface area contributed by atoms with E-state index < -0.39 is 43.1 Å². The normalized spacial score (nSPS) is 29.7. The first-order valence-corrected chi connectivity index (χ1v) is 7.56. The average Bonchev–Trinajstić information content (AvgIpc) is 2.56. The third-order valence-corrected chi connectivity index (χ3v) is 4.02. The average molecular weight is 354 g/mol. The summed E-state index contributed by atoms with van der Waals surface area (Å²) in [5.41, 5.74) is -0.184. The summed E-state index contributed by atoms with van der Waals surface area (Å²) < 4.78 is 16.0. The predicted octanol–water partition coefficient (Wildman–Crippen LogP) is -1.01. The van der Waals surface area contributed by atoms with Gasteiger partial charge in [0.05, 0.1) is 12.0 Å². The van der Waals surface area contributed by atoms with Gasteiger partial charge in [-0.1, -0.05) is 0 Å². The van der Waals surface area contributed by atoms with Crippen LogP contribution >= 0.6 is 0 Å². The molecule has 0 aliphatic carbocycles. The zero-order chi connectivity index (χ0) is 18.3. The molecule has 0 unspecified atom stereocenters. The summed E-state index contributed by atoms with van der Waals surface area (Å²) in [6.07, 6.45) is -7.37. The van der Waals surface area contributed by atoms with Crippen molar-refractivity contribution in [3.63, 3.8) is 0 Å². The highest BCUT2D eigenvalue weighted by atomic mass is 16.7. The number of benzene rings is 1. The number of aryl methyl sites for hydroxylation is 1. The van der Waals surface area contributed by atoms with Crippen LogP contribution in [0.4, 0.5) is 0 Å². The van der Waals surface area contributed by atoms with E-state index in [1.54, 1.807) is 6.92 Å². The lowest BCUT2D eigenvalue weighted by Gasteiger charge is -2.39. The Kier molecular flexibility index (Phi) is 4.67. The second-order valence-corrected chi connectivity index (χ2v) is 5.85. The van der Waals surface area contributed by atoms with Crippen LogP contribution in [-0.2, 0) is 4.74 Å². The number of rotatable bonds is 3. The lowest BCUT2D eigenvalue weighted by Crippen LogP contribution is -2.60. The molecule has 9 heteroatoms. The number of aromatic hydroxyl groups is 1. The molecule has 25 heavy (non-hydrogen) atoms. The van der Waals surface area contributed by atoms with Crippen molar-refractivity contribution in [1.82, 2.24) is 0 Å². The third kappa shape index (κ3) is 3.20. The van der Waals surface area contributed by atoms with Gasteiger partial charge >= 0.3 is 0 Å². The standard InChI is InChI=1S/C16H18O9/c1-6-2-8(18)7-3-9(19)11(4-10(7)23-6)24-16-15(22)14(21)13(20)12(5-17)25-16/h2-4,12-17,19-22H,5H2,1H3/t12-,13-,14+,15-,16-/m1/s1. The number of phenols is 1. The number of ether oxygens (including phenoxy) is 2. The molecular weight excluding hydrogens is 336 g/mol. The number of hydrogen-bond acceptors (Lipinski definition) is 9. The van der Waals surface area contributed by atoms with Crippen molar-refractivity contribution in [2.75, 3.05) is 6.61 Å². The van der Waals surface area contributed by atoms with Crippen molar-refractivity contribution in [3.8, 4) is 11.5 Å². The van der Waals surface area contributed by atoms with E-state index in [1.165, 1.54) is 12.1 Å². The molecule has 1 aliphatic heterocycles. The maximum atomic E-state index is 11.9. The number of phenolic OH excluding ortho intramolecular Hbond substituents is 1. The quantitative estimate of drug-likeness (QED) is 0.467. The van der Waals surface area contributed by atoms with Crippen molar-refractivity contribution in [2.24, 2.45) is 0 Å². The van der Waals surface area contributed by atoms with Gasteiger partial charge in [0.2, 0.25) is 6.29 Å². The van der Waals surface area contributed by atoms with Crippen LogP contribution in [0.3, 0.4) is 0 Å². The molecule has 1 fully saturated rings. The van der Waals surface area contributed by atoms with Crippen LogP contribution in [0, 0.1) is 6.92 Å². The summed E-state index contributed by atoms with van der Waals surface area (Å²) in [5, 5.41) is 48.9. The molecule has 0 bridgehead atoms. The minimum atomic E-state index is -1.63. The molecule has 0 spiro atoms. The maximum Gasteiger partial charge on any atom is 0.229 e. The first kappa shape index (κ1) is 17.6. The SMILES string of the molecule is Cc1cc(=O)c2cc(O)c(O[C@@H]3O[C@H](CO)[C@@H](O)[C@H](O)[C@H]3O)cc2o1. The zero-order valence-corrected chi connectivity index (χ0v) is 13.2. The highest BCUT2D eigenvalue weighted by molar-refractivity contribution is 5.80. The van der Waals surface area contributed by atoms with E-state index in [9.17, 15) is 30.3 Å². The van der Waals surface area contributed by atoms with Gasteiger partial charge in [0.15, 0.2) is 16.9 Å². The molecule has 3 rings (SSSR count). The van der Waals surface area contributed by atoms with E-state index in [0.29, 0.717) is 5.76 Å². The molecule has 1 saturated heterocycles. The molecule has 0 saturated carbocycles. The first-order chi connectivity index (χ1) is 11.8. The Labute approximate surface area is 141 Å².